The fraction of sp³-hybridized carbons (Fsp3) is 0.211. The van der Waals surface area contributed by atoms with E-state index in [-0.39, 0.29) is 11.7 Å². The van der Waals surface area contributed by atoms with Gasteiger partial charge in [-0.3, -0.25) is 9.80 Å². The summed E-state index contributed by atoms with van der Waals surface area (Å²) in [6.45, 7) is 3.18. The number of carbonyl (C=O) groups is 1. The number of halogens is 1. The highest BCUT2D eigenvalue weighted by Crippen LogP contribution is 2.18. The van der Waals surface area contributed by atoms with Crippen LogP contribution in [0.2, 0.25) is 5.02 Å². The lowest BCUT2D eigenvalue weighted by Crippen LogP contribution is -2.33. The molecule has 0 aromatic heterocycles. The average Bonchev–Trinajstić information content (AvgIpc) is 2.69. The van der Waals surface area contributed by atoms with Crippen molar-refractivity contribution in [3.63, 3.8) is 0 Å². The number of rotatable bonds is 5. The van der Waals surface area contributed by atoms with Crippen LogP contribution in [0.1, 0.15) is 6.92 Å². The second-order valence-corrected chi connectivity index (χ2v) is 7.01. The Morgan fingerprint density at radius 1 is 1.22 bits per heavy atom. The Labute approximate surface area is 167 Å². The van der Waals surface area contributed by atoms with Crippen molar-refractivity contribution in [2.24, 2.45) is 10.1 Å². The number of aliphatic imine (C=N–C) groups is 1. The zero-order valence-corrected chi connectivity index (χ0v) is 16.3. The average molecular weight is 403 g/mol. The van der Waals surface area contributed by atoms with Gasteiger partial charge in [0.1, 0.15) is 12.3 Å². The molecule has 8 heteroatoms. The van der Waals surface area contributed by atoms with Gasteiger partial charge in [0.25, 0.3) is 0 Å². The molecule has 2 aromatic rings. The Kier molecular flexibility index (Phi) is 6.73. The van der Waals surface area contributed by atoms with E-state index in [0.29, 0.717) is 34.9 Å². The number of anilines is 1. The third kappa shape index (κ3) is 6.01. The molecule has 1 amide bonds. The van der Waals surface area contributed by atoms with Crippen LogP contribution in [0.3, 0.4) is 0 Å². The van der Waals surface area contributed by atoms with Crippen LogP contribution in [0.5, 0.6) is 5.75 Å². The standard InChI is InChI=1S/C19H19ClN4O2S/c1-2-24-12-18(26-16-10-8-14(20)9-11-16)22-19(23-24)27-13-17(25)21-15-6-4-3-5-7-15/h3-11H,2,12-13H2,1H3,(H,21,25). The van der Waals surface area contributed by atoms with E-state index < -0.39 is 0 Å². The van der Waals surface area contributed by atoms with E-state index in [1.807, 2.05) is 42.3 Å². The second-order valence-electron chi connectivity index (χ2n) is 5.63. The summed E-state index contributed by atoms with van der Waals surface area (Å²) in [5.41, 5.74) is 0.763. The van der Waals surface area contributed by atoms with Gasteiger partial charge in [-0.1, -0.05) is 41.6 Å². The van der Waals surface area contributed by atoms with Crippen LogP contribution in [-0.4, -0.2) is 40.8 Å². The summed E-state index contributed by atoms with van der Waals surface area (Å²) < 4.78 is 5.83. The number of ether oxygens (including phenoxy) is 1. The van der Waals surface area contributed by atoms with E-state index >= 15 is 0 Å². The second kappa shape index (κ2) is 9.43. The molecule has 3 rings (SSSR count). The first-order chi connectivity index (χ1) is 13.1. The van der Waals surface area contributed by atoms with Crippen molar-refractivity contribution in [3.05, 3.63) is 59.6 Å². The molecule has 0 fully saturated rings. The van der Waals surface area contributed by atoms with Crippen molar-refractivity contribution in [2.75, 3.05) is 24.2 Å². The molecular formula is C19H19ClN4O2S. The van der Waals surface area contributed by atoms with E-state index in [2.05, 4.69) is 15.4 Å². The minimum atomic E-state index is -0.113. The molecule has 1 aliphatic heterocycles. The summed E-state index contributed by atoms with van der Waals surface area (Å²) in [7, 11) is 0. The normalized spacial score (nSPS) is 13.6. The van der Waals surface area contributed by atoms with Gasteiger partial charge < -0.3 is 10.1 Å². The molecule has 0 spiro atoms. The fourth-order valence-electron chi connectivity index (χ4n) is 2.26. The molecule has 0 radical (unpaired) electrons. The summed E-state index contributed by atoms with van der Waals surface area (Å²) >= 11 is 7.17. The van der Waals surface area contributed by atoms with E-state index in [1.54, 1.807) is 24.3 Å². The molecule has 140 valence electrons. The number of hydrogen-bond acceptors (Lipinski definition) is 6. The predicted molar refractivity (Wildman–Crippen MR) is 112 cm³/mol. The maximum Gasteiger partial charge on any atom is 0.234 e. The molecule has 0 saturated carbocycles. The van der Waals surface area contributed by atoms with E-state index in [4.69, 9.17) is 16.3 Å². The first-order valence-corrected chi connectivity index (χ1v) is 9.81. The first kappa shape index (κ1) is 19.3. The molecule has 27 heavy (non-hydrogen) atoms. The van der Waals surface area contributed by atoms with Crippen LogP contribution in [0.15, 0.2) is 64.7 Å². The van der Waals surface area contributed by atoms with Gasteiger partial charge in [0.2, 0.25) is 17.0 Å². The maximum atomic E-state index is 12.1. The minimum Gasteiger partial charge on any atom is -0.441 e. The van der Waals surface area contributed by atoms with Gasteiger partial charge in [-0.05, 0) is 43.3 Å². The van der Waals surface area contributed by atoms with Crippen molar-refractivity contribution in [1.29, 1.82) is 0 Å². The Bertz CT molecular complexity index is 841. The Morgan fingerprint density at radius 3 is 2.67 bits per heavy atom. The molecule has 0 saturated heterocycles. The van der Waals surface area contributed by atoms with Crippen molar-refractivity contribution >= 4 is 46.0 Å². The zero-order chi connectivity index (χ0) is 19.1. The van der Waals surface area contributed by atoms with Gasteiger partial charge in [-0.2, -0.15) is 4.99 Å². The summed E-state index contributed by atoms with van der Waals surface area (Å²) in [6, 6.07) is 16.4. The third-order valence-corrected chi connectivity index (χ3v) is 4.66. The number of hydrazone groups is 1. The molecule has 2 aromatic carbocycles. The number of nitrogens with one attached hydrogen (secondary N) is 1. The predicted octanol–water partition coefficient (Wildman–Crippen LogP) is 4.10. The van der Waals surface area contributed by atoms with E-state index in [0.717, 1.165) is 5.69 Å². The van der Waals surface area contributed by atoms with Gasteiger partial charge in [-0.15, -0.1) is 5.10 Å². The Balaban J connectivity index is 1.60. The number of carbonyl (C=O) groups excluding carboxylic acids is 1. The number of thioether (sulfide) groups is 1. The smallest absolute Gasteiger partial charge is 0.234 e. The van der Waals surface area contributed by atoms with Crippen LogP contribution < -0.4 is 10.1 Å². The molecule has 0 unspecified atom stereocenters. The fourth-order valence-corrected chi connectivity index (χ4v) is 3.06. The van der Waals surface area contributed by atoms with Gasteiger partial charge in [-0.25, -0.2) is 0 Å². The summed E-state index contributed by atoms with van der Waals surface area (Å²) in [4.78, 5) is 16.5. The summed E-state index contributed by atoms with van der Waals surface area (Å²) in [5, 5.41) is 10.3. The number of amides is 1. The summed E-state index contributed by atoms with van der Waals surface area (Å²) in [6.07, 6.45) is 0. The topological polar surface area (TPSA) is 66.3 Å². The molecule has 1 heterocycles. The molecule has 0 bridgehead atoms. The zero-order valence-electron chi connectivity index (χ0n) is 14.8. The number of hydrogen-bond donors (Lipinski definition) is 1. The highest BCUT2D eigenvalue weighted by Gasteiger charge is 2.17. The van der Waals surface area contributed by atoms with Crippen LogP contribution >= 0.6 is 23.4 Å². The molecule has 0 aliphatic carbocycles. The number of para-hydroxylation sites is 1. The number of amidine groups is 1. The van der Waals surface area contributed by atoms with Gasteiger partial charge >= 0.3 is 0 Å². The molecule has 1 aliphatic rings. The van der Waals surface area contributed by atoms with Crippen LogP contribution in [0.25, 0.3) is 0 Å². The van der Waals surface area contributed by atoms with Crippen LogP contribution in [0, 0.1) is 0 Å². The van der Waals surface area contributed by atoms with Crippen LogP contribution in [-0.2, 0) is 4.79 Å². The summed E-state index contributed by atoms with van der Waals surface area (Å²) in [5.74, 6) is 1.28. The quantitative estimate of drug-likeness (QED) is 0.817. The van der Waals surface area contributed by atoms with Crippen molar-refractivity contribution in [3.8, 4) is 5.75 Å². The molecule has 0 atom stereocenters. The maximum absolute atomic E-state index is 12.1. The lowest BCUT2D eigenvalue weighted by atomic mass is 10.3. The molecular weight excluding hydrogens is 384 g/mol. The minimum absolute atomic E-state index is 0.113. The Hall–Kier alpha value is -2.51. The first-order valence-electron chi connectivity index (χ1n) is 8.44. The number of benzene rings is 2. The van der Waals surface area contributed by atoms with Crippen molar-refractivity contribution < 1.29 is 9.53 Å². The molecule has 6 nitrogen and oxygen atoms in total. The third-order valence-electron chi connectivity index (χ3n) is 3.57. The number of nitrogens with zero attached hydrogens (tertiary/aromatic N) is 3. The highest BCUT2D eigenvalue weighted by molar-refractivity contribution is 8.14. The van der Waals surface area contributed by atoms with Gasteiger partial charge in [0.05, 0.1) is 5.75 Å². The lowest BCUT2D eigenvalue weighted by molar-refractivity contribution is -0.113. The van der Waals surface area contributed by atoms with Crippen molar-refractivity contribution in [1.82, 2.24) is 5.01 Å². The van der Waals surface area contributed by atoms with Gasteiger partial charge in [0, 0.05) is 17.3 Å². The SMILES string of the molecule is CCN1CC(Oc2ccc(Cl)cc2)=NC(SCC(=O)Nc2ccccc2)=N1. The van der Waals surface area contributed by atoms with Gasteiger partial charge in [0.15, 0.2) is 0 Å². The van der Waals surface area contributed by atoms with Crippen LogP contribution in [0.4, 0.5) is 5.69 Å². The van der Waals surface area contributed by atoms with Crippen molar-refractivity contribution in [2.45, 2.75) is 6.92 Å². The molecule has 1 N–H and O–H groups in total. The monoisotopic (exact) mass is 402 g/mol. The Morgan fingerprint density at radius 2 is 1.96 bits per heavy atom. The van der Waals surface area contributed by atoms with E-state index in [9.17, 15) is 4.79 Å². The largest absolute Gasteiger partial charge is 0.441 e. The highest BCUT2D eigenvalue weighted by atomic mass is 35.5. The lowest BCUT2D eigenvalue weighted by Gasteiger charge is -2.23. The number of likely N-dealkylation sites (N-methyl/N-ethyl adjacent to an activating group) is 1. The van der Waals surface area contributed by atoms with E-state index in [1.165, 1.54) is 11.8 Å².